The summed E-state index contributed by atoms with van der Waals surface area (Å²) in [5.41, 5.74) is -0.816. The minimum atomic E-state index is -0.987. The van der Waals surface area contributed by atoms with E-state index < -0.39 is 23.2 Å². The van der Waals surface area contributed by atoms with Gasteiger partial charge in [-0.1, -0.05) is 13.8 Å². The maximum absolute atomic E-state index is 12.6. The van der Waals surface area contributed by atoms with E-state index in [1.54, 1.807) is 11.0 Å². The second-order valence-corrected chi connectivity index (χ2v) is 14.2. The lowest BCUT2D eigenvalue weighted by Crippen LogP contribution is -2.67. The summed E-state index contributed by atoms with van der Waals surface area (Å²) in [5.74, 6) is 0.352. The molecule has 0 radical (unpaired) electrons. The lowest BCUT2D eigenvalue weighted by atomic mass is 9.42. The highest BCUT2D eigenvalue weighted by molar-refractivity contribution is 5.85. The normalized spacial score (nSPS) is 44.4. The van der Waals surface area contributed by atoms with Crippen LogP contribution in [-0.4, -0.2) is 102 Å². The van der Waals surface area contributed by atoms with Gasteiger partial charge in [0.1, 0.15) is 12.7 Å². The minimum Gasteiger partial charge on any atom is -0.458 e. The molecule has 4 aliphatic carbocycles. The first kappa shape index (κ1) is 28.9. The van der Waals surface area contributed by atoms with Crippen molar-refractivity contribution in [3.8, 4) is 0 Å². The molecule has 3 N–H and O–H groups in total. The molecular formula is C31H47N3O7. The fraction of sp³-hybridized carbons (Fsp3) is 0.839. The first-order chi connectivity index (χ1) is 19.5. The van der Waals surface area contributed by atoms with Crippen LogP contribution in [0.2, 0.25) is 0 Å². The van der Waals surface area contributed by atoms with E-state index >= 15 is 0 Å². The van der Waals surface area contributed by atoms with Crippen molar-refractivity contribution in [2.45, 2.75) is 83.0 Å². The molecule has 41 heavy (non-hydrogen) atoms. The fourth-order valence-electron chi connectivity index (χ4n) is 10.0. The van der Waals surface area contributed by atoms with Gasteiger partial charge in [0.15, 0.2) is 0 Å². The molecule has 0 bridgehead atoms. The third-order valence-corrected chi connectivity index (χ3v) is 12.5. The highest BCUT2D eigenvalue weighted by Gasteiger charge is 2.70. The van der Waals surface area contributed by atoms with E-state index in [1.807, 2.05) is 18.9 Å². The molecule has 2 heterocycles. The Morgan fingerprint density at radius 1 is 1.12 bits per heavy atom. The summed E-state index contributed by atoms with van der Waals surface area (Å²) in [4.78, 5) is 40.4. The summed E-state index contributed by atoms with van der Waals surface area (Å²) in [7, 11) is 1.93. The quantitative estimate of drug-likeness (QED) is 0.427. The molecule has 0 aromatic rings. The van der Waals surface area contributed by atoms with Crippen molar-refractivity contribution < 1.29 is 34.1 Å². The lowest BCUT2D eigenvalue weighted by molar-refractivity contribution is -0.244. The molecule has 4 saturated carbocycles. The Morgan fingerprint density at radius 2 is 1.93 bits per heavy atom. The number of carbonyl (C=O) groups excluding carboxylic acids is 3. The number of ether oxygens (including phenoxy) is 2. The predicted octanol–water partition coefficient (Wildman–Crippen LogP) is 2.08. The molecule has 5 fully saturated rings. The molecule has 6 rings (SSSR count). The number of carbonyl (C=O) groups is 3. The summed E-state index contributed by atoms with van der Waals surface area (Å²) >= 11 is 0. The molecular weight excluding hydrogens is 526 g/mol. The van der Waals surface area contributed by atoms with E-state index in [0.29, 0.717) is 44.9 Å². The molecule has 10 heteroatoms. The average molecular weight is 574 g/mol. The van der Waals surface area contributed by atoms with E-state index in [2.05, 4.69) is 12.2 Å². The van der Waals surface area contributed by atoms with Gasteiger partial charge in [-0.3, -0.25) is 9.69 Å². The summed E-state index contributed by atoms with van der Waals surface area (Å²) in [6, 6.07) is 0. The van der Waals surface area contributed by atoms with Crippen molar-refractivity contribution in [2.75, 3.05) is 46.4 Å². The van der Waals surface area contributed by atoms with Crippen molar-refractivity contribution >= 4 is 18.0 Å². The van der Waals surface area contributed by atoms with E-state index in [9.17, 15) is 24.6 Å². The highest BCUT2D eigenvalue weighted by atomic mass is 16.6. The summed E-state index contributed by atoms with van der Waals surface area (Å²) in [6.45, 7) is 7.41. The minimum absolute atomic E-state index is 0.0388. The first-order valence-corrected chi connectivity index (χ1v) is 15.6. The van der Waals surface area contributed by atoms with Crippen molar-refractivity contribution in [3.05, 3.63) is 11.6 Å². The van der Waals surface area contributed by atoms with Gasteiger partial charge < -0.3 is 29.9 Å². The number of rotatable bonds is 5. The monoisotopic (exact) mass is 573 g/mol. The van der Waals surface area contributed by atoms with Gasteiger partial charge in [0.05, 0.1) is 18.2 Å². The Morgan fingerprint density at radius 3 is 2.66 bits per heavy atom. The van der Waals surface area contributed by atoms with Gasteiger partial charge in [-0.2, -0.15) is 0 Å². The van der Waals surface area contributed by atoms with Gasteiger partial charge in [-0.05, 0) is 93.1 Å². The average Bonchev–Trinajstić information content (AvgIpc) is 3.47. The Bertz CT molecular complexity index is 1110. The van der Waals surface area contributed by atoms with Gasteiger partial charge in [0.2, 0.25) is 5.91 Å². The fourth-order valence-corrected chi connectivity index (χ4v) is 10.0. The van der Waals surface area contributed by atoms with Crippen LogP contribution < -0.4 is 5.32 Å². The zero-order chi connectivity index (χ0) is 29.2. The number of likely N-dealkylation sites (N-methyl/N-ethyl adjacent to an activating group) is 1. The number of nitrogens with one attached hydrogen (secondary N) is 1. The number of fused-ring (bicyclic) bond motifs is 5. The number of piperazine rings is 1. The van der Waals surface area contributed by atoms with Crippen LogP contribution in [0.1, 0.15) is 65.2 Å². The van der Waals surface area contributed by atoms with Gasteiger partial charge >= 0.3 is 12.1 Å². The lowest BCUT2D eigenvalue weighted by Gasteiger charge is -2.65. The molecule has 1 saturated heterocycles. The SMILES string of the molecule is CN1CCN(CCNC(=O)O[C@H]2CC[C@@]3(C)[C@H](CC[C@@H]4[C@@H]3C[C@@H](O)[C@]3(C)[C@@H](C5=CC(=O)OC5)CC[C@]43O)C2)C(=O)C1. The Balaban J connectivity index is 1.07. The van der Waals surface area contributed by atoms with Crippen LogP contribution in [0.15, 0.2) is 11.6 Å². The molecule has 2 amide bonds. The summed E-state index contributed by atoms with van der Waals surface area (Å²) in [6.07, 6.45) is 6.67. The Kier molecular flexibility index (Phi) is 7.42. The second kappa shape index (κ2) is 10.5. The smallest absolute Gasteiger partial charge is 0.407 e. The third-order valence-electron chi connectivity index (χ3n) is 12.5. The predicted molar refractivity (Wildman–Crippen MR) is 149 cm³/mol. The van der Waals surface area contributed by atoms with Crippen LogP contribution in [-0.2, 0) is 19.1 Å². The van der Waals surface area contributed by atoms with E-state index in [0.717, 1.165) is 50.6 Å². The third kappa shape index (κ3) is 4.68. The maximum Gasteiger partial charge on any atom is 0.407 e. The van der Waals surface area contributed by atoms with E-state index in [1.165, 1.54) is 0 Å². The molecule has 6 aliphatic rings. The van der Waals surface area contributed by atoms with Gasteiger partial charge in [-0.25, -0.2) is 9.59 Å². The Labute approximate surface area is 242 Å². The first-order valence-electron chi connectivity index (χ1n) is 15.6. The van der Waals surface area contributed by atoms with Crippen LogP contribution in [0.4, 0.5) is 4.79 Å². The zero-order valence-corrected chi connectivity index (χ0v) is 24.8. The Hall–Kier alpha value is -2.17. The number of aliphatic hydroxyl groups is 2. The number of hydrogen-bond donors (Lipinski definition) is 3. The summed E-state index contributed by atoms with van der Waals surface area (Å²) in [5, 5.41) is 26.9. The number of hydrogen-bond acceptors (Lipinski definition) is 8. The van der Waals surface area contributed by atoms with Crippen LogP contribution in [0.3, 0.4) is 0 Å². The number of amides is 2. The molecule has 0 spiro atoms. The molecule has 0 aromatic heterocycles. The maximum atomic E-state index is 12.6. The van der Waals surface area contributed by atoms with Crippen molar-refractivity contribution in [1.82, 2.24) is 15.1 Å². The number of esters is 1. The van der Waals surface area contributed by atoms with Crippen molar-refractivity contribution in [1.29, 1.82) is 0 Å². The van der Waals surface area contributed by atoms with E-state index in [4.69, 9.17) is 9.47 Å². The van der Waals surface area contributed by atoms with Gasteiger partial charge in [0.25, 0.3) is 0 Å². The molecule has 9 atom stereocenters. The van der Waals surface area contributed by atoms with Crippen LogP contribution >= 0.6 is 0 Å². The molecule has 2 aliphatic heterocycles. The van der Waals surface area contributed by atoms with Crippen molar-refractivity contribution in [3.63, 3.8) is 0 Å². The molecule has 10 nitrogen and oxygen atoms in total. The second-order valence-electron chi connectivity index (χ2n) is 14.2. The number of nitrogens with zero attached hydrogens (tertiary/aromatic N) is 2. The highest BCUT2D eigenvalue weighted by Crippen LogP contribution is 2.70. The van der Waals surface area contributed by atoms with Crippen molar-refractivity contribution in [2.24, 2.45) is 34.5 Å². The van der Waals surface area contributed by atoms with Crippen LogP contribution in [0, 0.1) is 34.5 Å². The number of aliphatic hydroxyl groups excluding tert-OH is 1. The van der Waals surface area contributed by atoms with E-state index in [-0.39, 0.29) is 47.8 Å². The number of cyclic esters (lactones) is 1. The van der Waals surface area contributed by atoms with Gasteiger partial charge in [0, 0.05) is 37.7 Å². The zero-order valence-electron chi connectivity index (χ0n) is 24.8. The number of alkyl carbamates (subject to hydrolysis) is 1. The topological polar surface area (TPSA) is 129 Å². The van der Waals surface area contributed by atoms with Crippen LogP contribution in [0.25, 0.3) is 0 Å². The standard InChI is InChI=1S/C31H47N3O7/c1-29-8-6-21(41-28(38)32-10-11-34-13-12-33(3)17-26(34)36)15-20(29)4-5-23-24(29)16-25(35)30(2)22(7-9-31(23,30)39)19-14-27(37)40-18-19/h14,20-25,35,39H,4-13,15-18H2,1-3H3,(H,32,38)/t20-,21+,22-,23-,24+,25-,29+,30+,31+/m1/s1. The molecule has 0 unspecified atom stereocenters. The summed E-state index contributed by atoms with van der Waals surface area (Å²) < 4.78 is 11.1. The largest absolute Gasteiger partial charge is 0.458 e. The molecule has 228 valence electrons. The van der Waals surface area contributed by atoms with Gasteiger partial charge in [-0.15, -0.1) is 0 Å². The van der Waals surface area contributed by atoms with Crippen LogP contribution in [0.5, 0.6) is 0 Å². The molecule has 0 aromatic carbocycles.